The molecule has 0 aromatic heterocycles. The van der Waals surface area contributed by atoms with Crippen LogP contribution in [-0.4, -0.2) is 85.5 Å². The third-order valence-corrected chi connectivity index (χ3v) is 18.4. The van der Waals surface area contributed by atoms with Crippen molar-refractivity contribution in [1.82, 2.24) is 0 Å². The Hall–Kier alpha value is -1.75. The predicted octanol–water partition coefficient (Wildman–Crippen LogP) is 16.8. The minimum absolute atomic E-state index is 0.0341. The molecular formula is C54H88F12O6Si2. The van der Waals surface area contributed by atoms with Crippen molar-refractivity contribution < 1.29 is 97.8 Å². The highest BCUT2D eigenvalue weighted by molar-refractivity contribution is 6.70. The minimum Gasteiger partial charge on any atom is -0.413 e. The van der Waals surface area contributed by atoms with Crippen molar-refractivity contribution in [3.63, 3.8) is 0 Å². The first-order valence-corrected chi connectivity index (χ1v) is 32.3. The van der Waals surface area contributed by atoms with Crippen LogP contribution < -0.4 is 0 Å². The third kappa shape index (κ3) is 15.8. The van der Waals surface area contributed by atoms with Crippen molar-refractivity contribution in [1.29, 1.82) is 0 Å². The molecule has 0 spiro atoms. The predicted molar refractivity (Wildman–Crippen MR) is 269 cm³/mol. The zero-order valence-corrected chi connectivity index (χ0v) is 46.4. The maximum atomic E-state index is 14.3. The van der Waals surface area contributed by atoms with Crippen LogP contribution in [0.25, 0.3) is 0 Å². The molecule has 0 bridgehead atoms. The highest BCUT2D eigenvalue weighted by Gasteiger charge is 2.72. The van der Waals surface area contributed by atoms with Crippen LogP contribution >= 0.6 is 0 Å². The van der Waals surface area contributed by atoms with Crippen molar-refractivity contribution in [2.24, 2.45) is 45.3 Å². The summed E-state index contributed by atoms with van der Waals surface area (Å²) in [5.74, 6) is -1.23. The van der Waals surface area contributed by atoms with Gasteiger partial charge >= 0.3 is 24.7 Å². The van der Waals surface area contributed by atoms with Gasteiger partial charge in [0.2, 0.25) is 0 Å². The fourth-order valence-corrected chi connectivity index (χ4v) is 15.8. The lowest BCUT2D eigenvalue weighted by atomic mass is 9.56. The number of hydrogen-bond acceptors (Lipinski definition) is 6. The zero-order valence-electron chi connectivity index (χ0n) is 56.4. The number of carbonyl (C=O) groups excluding carboxylic acids is 2. The molecule has 2 unspecified atom stereocenters. The molecule has 2 N–H and O–H groups in total. The molecule has 4 saturated carbocycles. The molecule has 0 aliphatic heterocycles. The summed E-state index contributed by atoms with van der Waals surface area (Å²) in [5.41, 5.74) is -18.5. The summed E-state index contributed by atoms with van der Waals surface area (Å²) in [6.45, 7) is 3.18. The molecule has 20 heteroatoms. The van der Waals surface area contributed by atoms with Crippen molar-refractivity contribution in [2.45, 2.75) is 257 Å². The van der Waals surface area contributed by atoms with Gasteiger partial charge in [-0.3, -0.25) is 9.59 Å². The van der Waals surface area contributed by atoms with Crippen LogP contribution in [0.15, 0.2) is 24.3 Å². The summed E-state index contributed by atoms with van der Waals surface area (Å²) in [6, 6.07) is 0. The monoisotopic (exact) mass is 1130 g/mol. The molecule has 4 aliphatic rings. The Balaban J connectivity index is 0.000000458. The average molecular weight is 1130 g/mol. The number of rotatable bonds is 20. The van der Waals surface area contributed by atoms with E-state index in [1.807, 2.05) is 13.8 Å². The number of ketones is 2. The van der Waals surface area contributed by atoms with Crippen molar-refractivity contribution in [2.75, 3.05) is 0 Å². The topological polar surface area (TPSA) is 93.1 Å². The molecule has 0 radical (unpaired) electrons. The number of fused-ring (bicyclic) bond motifs is 2. The molecule has 0 amide bonds. The van der Waals surface area contributed by atoms with Gasteiger partial charge in [-0.15, -0.1) is 0 Å². The second kappa shape index (κ2) is 22.8. The molecule has 8 atom stereocenters. The number of alkyl halides is 12. The second-order valence-corrected chi connectivity index (χ2v) is 33.7. The van der Waals surface area contributed by atoms with Crippen LogP contribution in [-0.2, 0) is 18.4 Å². The van der Waals surface area contributed by atoms with Gasteiger partial charge in [-0.2, -0.15) is 52.7 Å². The minimum atomic E-state index is -6.05. The number of hydrogen-bond donors (Lipinski definition) is 2. The Morgan fingerprint density at radius 3 is 1.32 bits per heavy atom. The number of allylic oxidation sites excluding steroid dienone is 2. The highest BCUT2D eigenvalue weighted by atomic mass is 28.4. The van der Waals surface area contributed by atoms with Crippen LogP contribution in [0.4, 0.5) is 52.7 Å². The summed E-state index contributed by atoms with van der Waals surface area (Å²) in [7, 11) is -6.19. The fraction of sp³-hybridized carbons (Fsp3) is 0.889. The summed E-state index contributed by atoms with van der Waals surface area (Å²) < 4.78 is 271. The lowest BCUT2D eigenvalue weighted by Crippen LogP contribution is -2.61. The molecule has 4 rings (SSSR count). The van der Waals surface area contributed by atoms with Gasteiger partial charge in [0.05, 0.1) is 11.2 Å². The number of halogens is 12. The van der Waals surface area contributed by atoms with Gasteiger partial charge in [-0.1, -0.05) is 52.7 Å². The maximum Gasteiger partial charge on any atom is 0.429 e. The van der Waals surface area contributed by atoms with Gasteiger partial charge in [0.1, 0.15) is 11.6 Å². The number of carbonyl (C=O) groups is 2. The van der Waals surface area contributed by atoms with Gasteiger partial charge in [-0.25, -0.2) is 0 Å². The Bertz CT molecular complexity index is 2340. The Kier molecular flexibility index (Phi) is 15.2. The zero-order chi connectivity index (χ0) is 67.4. The quantitative estimate of drug-likeness (QED) is 0.0717. The van der Waals surface area contributed by atoms with Crippen molar-refractivity contribution in [3.8, 4) is 0 Å². The molecule has 4 fully saturated rings. The molecule has 0 aromatic carbocycles. The van der Waals surface area contributed by atoms with E-state index in [-0.39, 0.29) is 79.5 Å². The lowest BCUT2D eigenvalue weighted by molar-refractivity contribution is -0.347. The first kappa shape index (κ1) is 49.3. The molecule has 4 aliphatic carbocycles. The van der Waals surface area contributed by atoms with Gasteiger partial charge in [0.15, 0.2) is 16.6 Å². The van der Waals surface area contributed by atoms with E-state index in [1.54, 1.807) is 33.5 Å². The van der Waals surface area contributed by atoms with E-state index >= 15 is 0 Å². The Morgan fingerprint density at radius 2 is 0.973 bits per heavy atom. The number of aliphatic hydroxyl groups is 2. The summed E-state index contributed by atoms with van der Waals surface area (Å²) >= 11 is 0. The van der Waals surface area contributed by atoms with Crippen molar-refractivity contribution >= 4 is 28.2 Å². The van der Waals surface area contributed by atoms with Crippen LogP contribution in [0.2, 0.25) is 39.3 Å². The molecule has 6 nitrogen and oxygen atoms in total. The van der Waals surface area contributed by atoms with E-state index in [4.69, 9.17) is 25.3 Å². The van der Waals surface area contributed by atoms with E-state index in [0.717, 1.165) is 6.08 Å². The summed E-state index contributed by atoms with van der Waals surface area (Å²) in [5, 5.41) is 20.2. The SMILES string of the molecule is [2H]C([2H])([2H])C(CCC[C@](C)(C/C=C\C(O[Si](C)(C)C)(C(F)(F)F)C(F)(F)F)[C@H]1CCC2C(=O)CCC[C@@]21C)(O[Si](C)(C)C)C([2H])([2H])[2H].[2H]C([2H])([2H])C(O)(CCC[C@](C)(C/C=C\C(O)(C(F)(F)F)C(F)(F)F)[C@H]1CCC2C(=O)CCC[C@@]21C)C([2H])([2H])[2H]. The first-order chi connectivity index (χ1) is 38.0. The van der Waals surface area contributed by atoms with Gasteiger partial charge in [0, 0.05) is 41.1 Å². The van der Waals surface area contributed by atoms with Crippen LogP contribution in [0.5, 0.6) is 0 Å². The van der Waals surface area contributed by atoms with E-state index in [0.29, 0.717) is 70.3 Å². The van der Waals surface area contributed by atoms with Gasteiger partial charge < -0.3 is 19.1 Å². The average Bonchev–Trinajstić information content (AvgIpc) is 1.43. The fourth-order valence-electron chi connectivity index (χ4n) is 13.4. The van der Waals surface area contributed by atoms with E-state index in [1.165, 1.54) is 19.6 Å². The van der Waals surface area contributed by atoms with Crippen LogP contribution in [0.1, 0.15) is 187 Å². The molecule has 0 aromatic rings. The smallest absolute Gasteiger partial charge is 0.413 e. The lowest BCUT2D eigenvalue weighted by Gasteiger charge is -2.48. The normalized spacial score (nSPS) is 31.1. The first-order valence-electron chi connectivity index (χ1n) is 31.5. The van der Waals surface area contributed by atoms with E-state index in [2.05, 4.69) is 0 Å². The Morgan fingerprint density at radius 1 is 0.581 bits per heavy atom. The Labute approximate surface area is 452 Å². The van der Waals surface area contributed by atoms with Gasteiger partial charge in [0.25, 0.3) is 11.2 Å². The molecule has 0 heterocycles. The van der Waals surface area contributed by atoms with E-state index in [9.17, 15) is 72.5 Å². The molecule has 0 saturated heterocycles. The second-order valence-electron chi connectivity index (χ2n) is 24.9. The standard InChI is InChI=1S/C30H52F6O3Si2.C24H36F6O3/c1-25(2,38-40(5,6)7)17-12-18-26(3,24-16-15-22-23(37)14-11-20-27(22,24)4)19-13-21-28(29(31,32)33,30(34,35)36)39-41(8,9)10;1-19(2,32)11-6-12-20(3,13-7-15-22(33,23(25,26)27)24(28,29)30)18-10-9-16-17(31)8-5-14-21(16,18)4/h13,21-22,24H,11-12,14-20H2,1-10H3;7,15-16,18,32-33H,5-6,8-14H2,1-4H3/b21-13-;15-7-/t22?,24-,26-,27+;16?,18-,20-,21+/m11/s1/i2*1D3,2D3. The highest BCUT2D eigenvalue weighted by Crippen LogP contribution is 2.64. The van der Waals surface area contributed by atoms with Crippen LogP contribution in [0.3, 0.4) is 0 Å². The van der Waals surface area contributed by atoms with Crippen LogP contribution in [0, 0.1) is 45.3 Å². The third-order valence-electron chi connectivity index (χ3n) is 16.5. The largest absolute Gasteiger partial charge is 0.429 e. The van der Waals surface area contributed by atoms with Gasteiger partial charge in [-0.05, 0) is 202 Å². The molecule has 74 heavy (non-hydrogen) atoms. The molecular weight excluding hydrogens is 1030 g/mol. The summed E-state index contributed by atoms with van der Waals surface area (Å²) in [6.07, 6.45) is -19.4. The summed E-state index contributed by atoms with van der Waals surface area (Å²) in [4.78, 5) is 25.6. The number of Topliss-reactive ketones (excluding diaryl/α,β-unsaturated/α-hetero) is 2. The maximum absolute atomic E-state index is 14.3. The van der Waals surface area contributed by atoms with Crippen molar-refractivity contribution in [3.05, 3.63) is 24.3 Å². The molecule has 432 valence electrons. The van der Waals surface area contributed by atoms with E-state index < -0.39 is 132 Å².